The molecular formula is C13H18N2O5S. The first-order valence-electron chi connectivity index (χ1n) is 6.63. The molecule has 1 fully saturated rings. The van der Waals surface area contributed by atoms with Crippen molar-refractivity contribution in [1.29, 1.82) is 0 Å². The predicted molar refractivity (Wildman–Crippen MR) is 76.6 cm³/mol. The fraction of sp³-hybridized carbons (Fsp3) is 0.538. The van der Waals surface area contributed by atoms with Gasteiger partial charge < -0.3 is 4.74 Å². The molecule has 0 spiro atoms. The molecule has 2 atom stereocenters. The summed E-state index contributed by atoms with van der Waals surface area (Å²) >= 11 is 0. The Morgan fingerprint density at radius 2 is 1.86 bits per heavy atom. The van der Waals surface area contributed by atoms with Crippen LogP contribution in [-0.2, 0) is 14.8 Å². The van der Waals surface area contributed by atoms with Crippen molar-refractivity contribution in [3.8, 4) is 0 Å². The zero-order valence-electron chi connectivity index (χ0n) is 12.1. The van der Waals surface area contributed by atoms with Gasteiger partial charge >= 0.3 is 0 Å². The van der Waals surface area contributed by atoms with E-state index >= 15 is 0 Å². The van der Waals surface area contributed by atoms with Gasteiger partial charge in [0.1, 0.15) is 0 Å². The van der Waals surface area contributed by atoms with E-state index in [9.17, 15) is 18.5 Å². The number of ether oxygens (including phenoxy) is 1. The van der Waals surface area contributed by atoms with Crippen molar-refractivity contribution in [2.45, 2.75) is 37.9 Å². The summed E-state index contributed by atoms with van der Waals surface area (Å²) in [5.41, 5.74) is -0.0159. The highest BCUT2D eigenvalue weighted by Crippen LogP contribution is 2.31. The van der Waals surface area contributed by atoms with Crippen LogP contribution >= 0.6 is 0 Å². The van der Waals surface area contributed by atoms with E-state index in [-0.39, 0.29) is 35.9 Å². The Morgan fingerprint density at radius 1 is 1.29 bits per heavy atom. The van der Waals surface area contributed by atoms with Gasteiger partial charge in [0.2, 0.25) is 10.0 Å². The average molecular weight is 314 g/mol. The third-order valence-electron chi connectivity index (χ3n) is 3.37. The van der Waals surface area contributed by atoms with Crippen LogP contribution in [0.2, 0.25) is 0 Å². The summed E-state index contributed by atoms with van der Waals surface area (Å²) in [5, 5.41) is 11.1. The SMILES string of the molecule is Cc1cccc([N+](=O)[O-])c1S(=O)(=O)N1CC(C)OC(C)C1. The summed E-state index contributed by atoms with van der Waals surface area (Å²) in [6.45, 7) is 5.51. The zero-order chi connectivity index (χ0) is 15.8. The van der Waals surface area contributed by atoms with Crippen molar-refractivity contribution in [3.05, 3.63) is 33.9 Å². The second-order valence-corrected chi connectivity index (χ2v) is 7.13. The van der Waals surface area contributed by atoms with Gasteiger partial charge in [-0.1, -0.05) is 12.1 Å². The highest BCUT2D eigenvalue weighted by molar-refractivity contribution is 7.89. The fourth-order valence-electron chi connectivity index (χ4n) is 2.57. The summed E-state index contributed by atoms with van der Waals surface area (Å²) in [6, 6.07) is 4.26. The molecule has 8 heteroatoms. The van der Waals surface area contributed by atoms with E-state index in [1.54, 1.807) is 26.8 Å². The molecule has 0 radical (unpaired) electrons. The van der Waals surface area contributed by atoms with E-state index in [0.717, 1.165) is 0 Å². The van der Waals surface area contributed by atoms with Crippen LogP contribution in [0.15, 0.2) is 23.1 Å². The zero-order valence-corrected chi connectivity index (χ0v) is 13.0. The number of rotatable bonds is 3. The second kappa shape index (κ2) is 5.70. The normalized spacial score (nSPS) is 24.0. The number of sulfonamides is 1. The number of nitrogens with zero attached hydrogens (tertiary/aromatic N) is 2. The molecule has 7 nitrogen and oxygen atoms in total. The van der Waals surface area contributed by atoms with Gasteiger partial charge in [-0.05, 0) is 26.3 Å². The quantitative estimate of drug-likeness (QED) is 0.625. The standard InChI is InChI=1S/C13H18N2O5S/c1-9-5-4-6-12(15(16)17)13(9)21(18,19)14-7-10(2)20-11(3)8-14/h4-6,10-11H,7-8H2,1-3H3. The van der Waals surface area contributed by atoms with E-state index in [1.165, 1.54) is 16.4 Å². The molecule has 0 aliphatic carbocycles. The number of nitro benzene ring substituents is 1. The predicted octanol–water partition coefficient (Wildman–Crippen LogP) is 1.70. The largest absolute Gasteiger partial charge is 0.373 e. The van der Waals surface area contributed by atoms with Crippen molar-refractivity contribution >= 4 is 15.7 Å². The first-order chi connectivity index (χ1) is 9.73. The third-order valence-corrected chi connectivity index (χ3v) is 5.40. The molecule has 0 aromatic heterocycles. The van der Waals surface area contributed by atoms with E-state index in [2.05, 4.69) is 0 Å². The number of hydrogen-bond acceptors (Lipinski definition) is 5. The molecule has 1 aliphatic rings. The fourth-order valence-corrected chi connectivity index (χ4v) is 4.52. The maximum Gasteiger partial charge on any atom is 0.289 e. The number of morpholine rings is 1. The lowest BCUT2D eigenvalue weighted by molar-refractivity contribution is -0.388. The summed E-state index contributed by atoms with van der Waals surface area (Å²) < 4.78 is 32.4. The highest BCUT2D eigenvalue weighted by Gasteiger charge is 2.37. The minimum atomic E-state index is -3.92. The molecule has 1 aliphatic heterocycles. The lowest BCUT2D eigenvalue weighted by Crippen LogP contribution is -2.48. The number of aryl methyl sites for hydroxylation is 1. The van der Waals surface area contributed by atoms with Gasteiger partial charge in [-0.3, -0.25) is 10.1 Å². The average Bonchev–Trinajstić information content (AvgIpc) is 2.36. The van der Waals surface area contributed by atoms with E-state index in [4.69, 9.17) is 4.74 Å². The van der Waals surface area contributed by atoms with Crippen molar-refractivity contribution in [2.24, 2.45) is 0 Å². The second-order valence-electron chi connectivity index (χ2n) is 5.26. The van der Waals surface area contributed by atoms with Gasteiger partial charge in [0.15, 0.2) is 4.90 Å². The minimum Gasteiger partial charge on any atom is -0.373 e. The Balaban J connectivity index is 2.52. The Hall–Kier alpha value is -1.51. The van der Waals surface area contributed by atoms with Gasteiger partial charge in [-0.25, -0.2) is 8.42 Å². The summed E-state index contributed by atoms with van der Waals surface area (Å²) in [7, 11) is -3.92. The first kappa shape index (κ1) is 15.9. The Bertz CT molecular complexity index is 649. The summed E-state index contributed by atoms with van der Waals surface area (Å²) in [6.07, 6.45) is -0.488. The summed E-state index contributed by atoms with van der Waals surface area (Å²) in [5.74, 6) is 0. The maximum absolute atomic E-state index is 12.8. The van der Waals surface area contributed by atoms with Crippen molar-refractivity contribution in [1.82, 2.24) is 4.31 Å². The Kier molecular flexibility index (Phi) is 4.31. The van der Waals surface area contributed by atoms with Crippen molar-refractivity contribution < 1.29 is 18.1 Å². The lowest BCUT2D eigenvalue weighted by Gasteiger charge is -2.34. The molecule has 1 aromatic carbocycles. The van der Waals surface area contributed by atoms with Crippen LogP contribution in [0.25, 0.3) is 0 Å². The van der Waals surface area contributed by atoms with Crippen LogP contribution in [-0.4, -0.2) is 42.9 Å². The number of hydrogen-bond donors (Lipinski definition) is 0. The maximum atomic E-state index is 12.8. The smallest absolute Gasteiger partial charge is 0.289 e. The minimum absolute atomic E-state index is 0.193. The summed E-state index contributed by atoms with van der Waals surface area (Å²) in [4.78, 5) is 10.2. The van der Waals surface area contributed by atoms with E-state index in [0.29, 0.717) is 5.56 Å². The van der Waals surface area contributed by atoms with Crippen molar-refractivity contribution in [3.63, 3.8) is 0 Å². The van der Waals surface area contributed by atoms with Gasteiger partial charge in [-0.2, -0.15) is 4.31 Å². The van der Waals surface area contributed by atoms with Crippen LogP contribution in [0.5, 0.6) is 0 Å². The Labute approximate surface area is 123 Å². The number of nitro groups is 1. The number of benzene rings is 1. The molecule has 0 amide bonds. The molecule has 0 N–H and O–H groups in total. The van der Waals surface area contributed by atoms with Gasteiger partial charge in [0.25, 0.3) is 5.69 Å². The highest BCUT2D eigenvalue weighted by atomic mass is 32.2. The Morgan fingerprint density at radius 3 is 2.38 bits per heavy atom. The molecule has 0 saturated carbocycles. The molecule has 0 bridgehead atoms. The molecule has 1 saturated heterocycles. The molecular weight excluding hydrogens is 296 g/mol. The third kappa shape index (κ3) is 3.07. The van der Waals surface area contributed by atoms with Crippen LogP contribution in [0.4, 0.5) is 5.69 Å². The van der Waals surface area contributed by atoms with Crippen molar-refractivity contribution in [2.75, 3.05) is 13.1 Å². The van der Waals surface area contributed by atoms with Crippen LogP contribution in [0, 0.1) is 17.0 Å². The molecule has 1 heterocycles. The molecule has 116 valence electrons. The molecule has 2 unspecified atom stereocenters. The van der Waals surface area contributed by atoms with Gasteiger partial charge in [-0.15, -0.1) is 0 Å². The van der Waals surface area contributed by atoms with Crippen LogP contribution in [0.3, 0.4) is 0 Å². The van der Waals surface area contributed by atoms with E-state index < -0.39 is 14.9 Å². The molecule has 1 aromatic rings. The van der Waals surface area contributed by atoms with Gasteiger partial charge in [0.05, 0.1) is 17.1 Å². The first-order valence-corrected chi connectivity index (χ1v) is 8.07. The van der Waals surface area contributed by atoms with Crippen LogP contribution < -0.4 is 0 Å². The van der Waals surface area contributed by atoms with Gasteiger partial charge in [0, 0.05) is 19.2 Å². The molecule has 21 heavy (non-hydrogen) atoms. The van der Waals surface area contributed by atoms with Crippen LogP contribution in [0.1, 0.15) is 19.4 Å². The van der Waals surface area contributed by atoms with E-state index in [1.807, 2.05) is 0 Å². The monoisotopic (exact) mass is 314 g/mol. The topological polar surface area (TPSA) is 89.8 Å². The molecule has 2 rings (SSSR count). The lowest BCUT2D eigenvalue weighted by atomic mass is 10.2.